The van der Waals surface area contributed by atoms with Gasteiger partial charge in [0, 0.05) is 28.0 Å². The van der Waals surface area contributed by atoms with Gasteiger partial charge in [-0.15, -0.1) is 0 Å². The van der Waals surface area contributed by atoms with Gasteiger partial charge in [-0.3, -0.25) is 9.59 Å². The van der Waals surface area contributed by atoms with Crippen LogP contribution in [-0.2, 0) is 4.79 Å². The molecule has 0 saturated heterocycles. The number of carbonyl (C=O) groups is 2. The van der Waals surface area contributed by atoms with Gasteiger partial charge in [-0.1, -0.05) is 41.4 Å². The molecule has 0 aliphatic heterocycles. The van der Waals surface area contributed by atoms with E-state index in [2.05, 4.69) is 38.8 Å². The van der Waals surface area contributed by atoms with E-state index in [4.69, 9.17) is 0 Å². The highest BCUT2D eigenvalue weighted by Gasteiger charge is 2.07. The maximum Gasteiger partial charge on any atom is 0.251 e. The summed E-state index contributed by atoms with van der Waals surface area (Å²) in [7, 11) is 0. The van der Waals surface area contributed by atoms with Gasteiger partial charge in [-0.2, -0.15) is 0 Å². The molecule has 0 spiro atoms. The summed E-state index contributed by atoms with van der Waals surface area (Å²) in [6.45, 7) is 2.87. The van der Waals surface area contributed by atoms with Crippen LogP contribution in [0, 0.1) is 0 Å². The van der Waals surface area contributed by atoms with Crippen molar-refractivity contribution in [1.29, 1.82) is 0 Å². The van der Waals surface area contributed by atoms with Crippen LogP contribution >= 0.6 is 15.9 Å². The lowest BCUT2D eigenvalue weighted by atomic mass is 10.2. The Labute approximate surface area is 156 Å². The van der Waals surface area contributed by atoms with Crippen LogP contribution in [0.3, 0.4) is 0 Å². The third-order valence-electron chi connectivity index (χ3n) is 3.50. The highest BCUT2D eigenvalue weighted by atomic mass is 79.9. The Balaban J connectivity index is 1.88. The van der Waals surface area contributed by atoms with E-state index < -0.39 is 0 Å². The summed E-state index contributed by atoms with van der Waals surface area (Å²) < 4.78 is 0.944. The lowest BCUT2D eigenvalue weighted by Gasteiger charge is -2.10. The molecule has 0 unspecified atom stereocenters. The molecule has 132 valence electrons. The summed E-state index contributed by atoms with van der Waals surface area (Å²) >= 11 is 3.39. The van der Waals surface area contributed by atoms with E-state index in [1.807, 2.05) is 24.3 Å². The van der Waals surface area contributed by atoms with Crippen molar-refractivity contribution in [1.82, 2.24) is 5.32 Å². The van der Waals surface area contributed by atoms with Gasteiger partial charge in [0.25, 0.3) is 5.91 Å². The summed E-state index contributed by atoms with van der Waals surface area (Å²) in [5.74, 6) is -0.305. The van der Waals surface area contributed by atoms with Crippen LogP contribution in [0.4, 0.5) is 11.4 Å². The summed E-state index contributed by atoms with van der Waals surface area (Å²) in [5, 5.41) is 8.72. The first-order chi connectivity index (χ1) is 12.1. The van der Waals surface area contributed by atoms with Crippen LogP contribution in [0.25, 0.3) is 0 Å². The number of benzene rings is 2. The monoisotopic (exact) mass is 403 g/mol. The minimum absolute atomic E-state index is 0.128. The number of hydrogen-bond acceptors (Lipinski definition) is 3. The Bertz CT molecular complexity index is 734. The molecule has 0 aliphatic rings. The molecule has 2 aromatic carbocycles. The first-order valence-corrected chi connectivity index (χ1v) is 9.05. The standard InChI is InChI=1S/C19H22BrN3O2/c1-2-3-10-21-19(25)14-6-4-9-17(11-14)23-18(24)13-22-16-8-5-7-15(20)12-16/h4-9,11-12,22H,2-3,10,13H2,1H3,(H,21,25)(H,23,24). The maximum absolute atomic E-state index is 12.1. The average molecular weight is 404 g/mol. The van der Waals surface area contributed by atoms with Gasteiger partial charge in [0.2, 0.25) is 5.91 Å². The van der Waals surface area contributed by atoms with Crippen LogP contribution in [0.1, 0.15) is 30.1 Å². The number of rotatable bonds is 8. The Hall–Kier alpha value is -2.34. The number of hydrogen-bond donors (Lipinski definition) is 3. The van der Waals surface area contributed by atoms with Crippen molar-refractivity contribution < 1.29 is 9.59 Å². The Morgan fingerprint density at radius 2 is 1.80 bits per heavy atom. The molecule has 0 bridgehead atoms. The number of nitrogens with one attached hydrogen (secondary N) is 3. The number of halogens is 1. The summed E-state index contributed by atoms with van der Waals surface area (Å²) in [4.78, 5) is 24.1. The van der Waals surface area contributed by atoms with Crippen molar-refractivity contribution in [2.75, 3.05) is 23.7 Å². The second-order valence-electron chi connectivity index (χ2n) is 5.60. The van der Waals surface area contributed by atoms with E-state index in [1.165, 1.54) is 0 Å². The summed E-state index contributed by atoms with van der Waals surface area (Å²) in [6, 6.07) is 14.5. The van der Waals surface area contributed by atoms with Gasteiger partial charge < -0.3 is 16.0 Å². The molecule has 0 aliphatic carbocycles. The van der Waals surface area contributed by atoms with Crippen molar-refractivity contribution in [3.05, 3.63) is 58.6 Å². The quantitative estimate of drug-likeness (QED) is 0.582. The number of amides is 2. The molecule has 2 aromatic rings. The topological polar surface area (TPSA) is 70.2 Å². The lowest BCUT2D eigenvalue weighted by Crippen LogP contribution is -2.25. The molecular weight excluding hydrogens is 382 g/mol. The van der Waals surface area contributed by atoms with Gasteiger partial charge in [0.1, 0.15) is 0 Å². The fraction of sp³-hybridized carbons (Fsp3) is 0.263. The molecule has 25 heavy (non-hydrogen) atoms. The van der Waals surface area contributed by atoms with Crippen LogP contribution < -0.4 is 16.0 Å². The number of unbranched alkanes of at least 4 members (excludes halogenated alkanes) is 1. The largest absolute Gasteiger partial charge is 0.376 e. The molecule has 0 aromatic heterocycles. The Morgan fingerprint density at radius 3 is 2.56 bits per heavy atom. The number of anilines is 2. The third kappa shape index (κ3) is 6.58. The van der Waals surface area contributed by atoms with E-state index in [-0.39, 0.29) is 18.4 Å². The summed E-state index contributed by atoms with van der Waals surface area (Å²) in [5.41, 5.74) is 1.99. The van der Waals surface area contributed by atoms with Crippen LogP contribution in [0.15, 0.2) is 53.0 Å². The minimum atomic E-state index is -0.177. The normalized spacial score (nSPS) is 10.2. The zero-order valence-corrected chi connectivity index (χ0v) is 15.7. The van der Waals surface area contributed by atoms with Gasteiger partial charge in [0.05, 0.1) is 6.54 Å². The molecule has 0 atom stereocenters. The van der Waals surface area contributed by atoms with Crippen molar-refractivity contribution in [2.45, 2.75) is 19.8 Å². The smallest absolute Gasteiger partial charge is 0.251 e. The highest BCUT2D eigenvalue weighted by molar-refractivity contribution is 9.10. The molecule has 5 nitrogen and oxygen atoms in total. The van der Waals surface area contributed by atoms with E-state index in [9.17, 15) is 9.59 Å². The predicted molar refractivity (Wildman–Crippen MR) is 105 cm³/mol. The van der Waals surface area contributed by atoms with Crippen LogP contribution in [0.2, 0.25) is 0 Å². The summed E-state index contributed by atoms with van der Waals surface area (Å²) in [6.07, 6.45) is 1.98. The zero-order chi connectivity index (χ0) is 18.1. The lowest BCUT2D eigenvalue weighted by molar-refractivity contribution is -0.114. The molecule has 0 saturated carbocycles. The second kappa shape index (κ2) is 9.84. The molecule has 2 amide bonds. The molecule has 0 fully saturated rings. The predicted octanol–water partition coefficient (Wildman–Crippen LogP) is 4.03. The van der Waals surface area contributed by atoms with Crippen LogP contribution in [-0.4, -0.2) is 24.9 Å². The van der Waals surface area contributed by atoms with Crippen LogP contribution in [0.5, 0.6) is 0 Å². The molecule has 2 rings (SSSR count). The van der Waals surface area contributed by atoms with Crippen molar-refractivity contribution in [3.63, 3.8) is 0 Å². The van der Waals surface area contributed by atoms with Crippen molar-refractivity contribution in [2.24, 2.45) is 0 Å². The van der Waals surface area contributed by atoms with Crippen molar-refractivity contribution >= 4 is 39.1 Å². The first kappa shape index (κ1) is 19.0. The molecule has 0 heterocycles. The third-order valence-corrected chi connectivity index (χ3v) is 4.00. The SMILES string of the molecule is CCCCNC(=O)c1cccc(NC(=O)CNc2cccc(Br)c2)c1. The van der Waals surface area contributed by atoms with Gasteiger partial charge in [0.15, 0.2) is 0 Å². The molecule has 0 radical (unpaired) electrons. The fourth-order valence-electron chi connectivity index (χ4n) is 2.20. The van der Waals surface area contributed by atoms with Gasteiger partial charge in [-0.05, 0) is 42.8 Å². The molecular formula is C19H22BrN3O2. The maximum atomic E-state index is 12.1. The van der Waals surface area contributed by atoms with Crippen molar-refractivity contribution in [3.8, 4) is 0 Å². The molecule has 6 heteroatoms. The Morgan fingerprint density at radius 1 is 1.04 bits per heavy atom. The molecule has 3 N–H and O–H groups in total. The van der Waals surface area contributed by atoms with Gasteiger partial charge >= 0.3 is 0 Å². The Kier molecular flexibility index (Phi) is 7.47. The van der Waals surface area contributed by atoms with E-state index >= 15 is 0 Å². The average Bonchev–Trinajstić information content (AvgIpc) is 2.60. The fourth-order valence-corrected chi connectivity index (χ4v) is 2.60. The minimum Gasteiger partial charge on any atom is -0.376 e. The second-order valence-corrected chi connectivity index (χ2v) is 6.52. The number of carbonyl (C=O) groups excluding carboxylic acids is 2. The zero-order valence-electron chi connectivity index (χ0n) is 14.1. The van der Waals surface area contributed by atoms with Gasteiger partial charge in [-0.25, -0.2) is 0 Å². The van der Waals surface area contributed by atoms with E-state index in [1.54, 1.807) is 24.3 Å². The van der Waals surface area contributed by atoms with E-state index in [0.717, 1.165) is 23.0 Å². The van der Waals surface area contributed by atoms with E-state index in [0.29, 0.717) is 17.8 Å². The first-order valence-electron chi connectivity index (χ1n) is 8.26. The highest BCUT2D eigenvalue weighted by Crippen LogP contribution is 2.15.